The van der Waals surface area contributed by atoms with Crippen LogP contribution in [0.15, 0.2) is 36.7 Å². The van der Waals surface area contributed by atoms with Gasteiger partial charge >= 0.3 is 0 Å². The van der Waals surface area contributed by atoms with Crippen molar-refractivity contribution in [2.75, 3.05) is 11.4 Å². The Bertz CT molecular complexity index is 573. The molecule has 0 amide bonds. The second kappa shape index (κ2) is 5.88. The SMILES string of the molecule is O=CC1O[C@@H](Cn2ccnn2)CN1c1ccc(I)cc1. The van der Waals surface area contributed by atoms with Crippen LogP contribution in [0.2, 0.25) is 0 Å². The van der Waals surface area contributed by atoms with Crippen LogP contribution >= 0.6 is 22.6 Å². The molecule has 1 aromatic heterocycles. The molecule has 0 spiro atoms. The maximum absolute atomic E-state index is 11.2. The van der Waals surface area contributed by atoms with Crippen LogP contribution in [0.25, 0.3) is 0 Å². The Morgan fingerprint density at radius 3 is 2.85 bits per heavy atom. The fourth-order valence-electron chi connectivity index (χ4n) is 2.27. The standard InChI is InChI=1S/C13H13IN4O2/c14-10-1-3-11(4-2-10)18-8-12(20-13(18)9-19)7-17-6-5-15-16-17/h1-6,9,12-13H,7-8H2/t12-,13?/m0/s1. The summed E-state index contributed by atoms with van der Waals surface area (Å²) in [5.74, 6) is 0. The molecule has 0 bridgehead atoms. The number of ether oxygens (including phenoxy) is 1. The van der Waals surface area contributed by atoms with Crippen molar-refractivity contribution in [2.24, 2.45) is 0 Å². The predicted molar refractivity (Wildman–Crippen MR) is 81.3 cm³/mol. The minimum atomic E-state index is -0.538. The Balaban J connectivity index is 1.74. The molecule has 7 heteroatoms. The van der Waals surface area contributed by atoms with E-state index in [0.29, 0.717) is 13.1 Å². The van der Waals surface area contributed by atoms with Crippen LogP contribution in [-0.2, 0) is 16.1 Å². The third-order valence-electron chi connectivity index (χ3n) is 3.18. The van der Waals surface area contributed by atoms with Crippen LogP contribution in [0, 0.1) is 3.57 Å². The molecule has 2 atom stereocenters. The molecule has 3 rings (SSSR count). The minimum Gasteiger partial charge on any atom is -0.344 e. The zero-order valence-corrected chi connectivity index (χ0v) is 12.8. The van der Waals surface area contributed by atoms with E-state index in [0.717, 1.165) is 15.5 Å². The summed E-state index contributed by atoms with van der Waals surface area (Å²) in [6.45, 7) is 1.25. The number of carbonyl (C=O) groups excluding carboxylic acids is 1. The first-order valence-corrected chi connectivity index (χ1v) is 7.31. The van der Waals surface area contributed by atoms with Gasteiger partial charge in [-0.1, -0.05) is 5.21 Å². The van der Waals surface area contributed by atoms with Gasteiger partial charge in [0.05, 0.1) is 18.8 Å². The quantitative estimate of drug-likeness (QED) is 0.588. The summed E-state index contributed by atoms with van der Waals surface area (Å²) in [5, 5.41) is 7.68. The fraction of sp³-hybridized carbons (Fsp3) is 0.308. The highest BCUT2D eigenvalue weighted by Gasteiger charge is 2.33. The lowest BCUT2D eigenvalue weighted by molar-refractivity contribution is -0.117. The molecule has 1 aromatic carbocycles. The second-order valence-corrected chi connectivity index (χ2v) is 5.78. The molecule has 2 heterocycles. The summed E-state index contributed by atoms with van der Waals surface area (Å²) < 4.78 is 8.62. The van der Waals surface area contributed by atoms with Crippen LogP contribution < -0.4 is 4.90 Å². The van der Waals surface area contributed by atoms with Gasteiger partial charge in [-0.3, -0.25) is 4.79 Å². The van der Waals surface area contributed by atoms with E-state index in [9.17, 15) is 4.79 Å². The molecule has 1 fully saturated rings. The average Bonchev–Trinajstić information content (AvgIpc) is 3.09. The highest BCUT2D eigenvalue weighted by atomic mass is 127. The van der Waals surface area contributed by atoms with E-state index in [1.54, 1.807) is 17.1 Å². The summed E-state index contributed by atoms with van der Waals surface area (Å²) in [6.07, 6.45) is 3.63. The first-order valence-electron chi connectivity index (χ1n) is 6.23. The number of carbonyl (C=O) groups is 1. The monoisotopic (exact) mass is 384 g/mol. The number of nitrogens with zero attached hydrogens (tertiary/aromatic N) is 4. The highest BCUT2D eigenvalue weighted by molar-refractivity contribution is 14.1. The number of aldehydes is 1. The Hall–Kier alpha value is -1.48. The van der Waals surface area contributed by atoms with E-state index >= 15 is 0 Å². The first kappa shape index (κ1) is 13.5. The van der Waals surface area contributed by atoms with Gasteiger partial charge in [0.15, 0.2) is 12.5 Å². The molecule has 0 radical (unpaired) electrons. The van der Waals surface area contributed by atoms with Gasteiger partial charge in [0.25, 0.3) is 0 Å². The molecule has 0 N–H and O–H groups in total. The van der Waals surface area contributed by atoms with Crippen molar-refractivity contribution >= 4 is 34.6 Å². The van der Waals surface area contributed by atoms with E-state index in [-0.39, 0.29) is 6.10 Å². The third kappa shape index (κ3) is 2.83. The number of hydrogen-bond donors (Lipinski definition) is 0. The van der Waals surface area contributed by atoms with Crippen LogP contribution in [0.3, 0.4) is 0 Å². The van der Waals surface area contributed by atoms with Gasteiger partial charge in [-0.2, -0.15) is 0 Å². The van der Waals surface area contributed by atoms with Crippen LogP contribution in [0.1, 0.15) is 0 Å². The third-order valence-corrected chi connectivity index (χ3v) is 3.90. The van der Waals surface area contributed by atoms with E-state index in [2.05, 4.69) is 32.9 Å². The summed E-state index contributed by atoms with van der Waals surface area (Å²) in [4.78, 5) is 13.2. The molecule has 1 aliphatic rings. The normalized spacial score (nSPS) is 22.1. The lowest BCUT2D eigenvalue weighted by Crippen LogP contribution is -2.31. The number of benzene rings is 1. The summed E-state index contributed by atoms with van der Waals surface area (Å²) >= 11 is 2.25. The molecule has 0 saturated carbocycles. The Kier molecular flexibility index (Phi) is 3.97. The molecule has 1 saturated heterocycles. The Morgan fingerprint density at radius 1 is 1.40 bits per heavy atom. The van der Waals surface area contributed by atoms with Crippen LogP contribution in [0.4, 0.5) is 5.69 Å². The minimum absolute atomic E-state index is 0.0776. The van der Waals surface area contributed by atoms with Gasteiger partial charge < -0.3 is 9.64 Å². The van der Waals surface area contributed by atoms with Gasteiger partial charge in [0, 0.05) is 22.0 Å². The first-order chi connectivity index (χ1) is 9.76. The topological polar surface area (TPSA) is 60.3 Å². The molecule has 0 aliphatic carbocycles. The Labute approximate surface area is 129 Å². The summed E-state index contributed by atoms with van der Waals surface area (Å²) in [5.41, 5.74) is 0.989. The predicted octanol–water partition coefficient (Wildman–Crippen LogP) is 1.31. The van der Waals surface area contributed by atoms with Crippen molar-refractivity contribution in [3.63, 3.8) is 0 Å². The lowest BCUT2D eigenvalue weighted by atomic mass is 10.2. The van der Waals surface area contributed by atoms with Crippen molar-refractivity contribution in [3.05, 3.63) is 40.2 Å². The number of anilines is 1. The summed E-state index contributed by atoms with van der Waals surface area (Å²) in [7, 11) is 0. The molecule has 104 valence electrons. The van der Waals surface area contributed by atoms with Crippen molar-refractivity contribution in [2.45, 2.75) is 18.9 Å². The van der Waals surface area contributed by atoms with Crippen LogP contribution in [0.5, 0.6) is 0 Å². The average molecular weight is 384 g/mol. The molecular weight excluding hydrogens is 371 g/mol. The van der Waals surface area contributed by atoms with E-state index in [1.165, 1.54) is 0 Å². The molecule has 6 nitrogen and oxygen atoms in total. The highest BCUT2D eigenvalue weighted by Crippen LogP contribution is 2.25. The molecule has 20 heavy (non-hydrogen) atoms. The van der Waals surface area contributed by atoms with E-state index in [1.807, 2.05) is 29.2 Å². The lowest BCUT2D eigenvalue weighted by Gasteiger charge is -2.20. The van der Waals surface area contributed by atoms with Gasteiger partial charge in [-0.05, 0) is 46.9 Å². The maximum atomic E-state index is 11.2. The molecule has 1 aliphatic heterocycles. The largest absolute Gasteiger partial charge is 0.344 e. The second-order valence-electron chi connectivity index (χ2n) is 4.54. The van der Waals surface area contributed by atoms with E-state index < -0.39 is 6.23 Å². The van der Waals surface area contributed by atoms with Gasteiger partial charge in [-0.25, -0.2) is 4.68 Å². The maximum Gasteiger partial charge on any atom is 0.187 e. The zero-order valence-electron chi connectivity index (χ0n) is 10.6. The fourth-order valence-corrected chi connectivity index (χ4v) is 2.63. The van der Waals surface area contributed by atoms with Crippen molar-refractivity contribution in [1.82, 2.24) is 15.0 Å². The van der Waals surface area contributed by atoms with Crippen molar-refractivity contribution in [3.8, 4) is 0 Å². The zero-order chi connectivity index (χ0) is 13.9. The van der Waals surface area contributed by atoms with Gasteiger partial charge in [-0.15, -0.1) is 5.10 Å². The van der Waals surface area contributed by atoms with Crippen molar-refractivity contribution in [1.29, 1.82) is 0 Å². The number of aromatic nitrogens is 3. The van der Waals surface area contributed by atoms with Gasteiger partial charge in [0.1, 0.15) is 0 Å². The molecular formula is C13H13IN4O2. The van der Waals surface area contributed by atoms with Gasteiger partial charge in [0.2, 0.25) is 0 Å². The summed E-state index contributed by atoms with van der Waals surface area (Å²) in [6, 6.07) is 8.03. The van der Waals surface area contributed by atoms with Crippen LogP contribution in [-0.4, -0.2) is 40.2 Å². The number of halogens is 1. The molecule has 2 aromatic rings. The number of hydrogen-bond acceptors (Lipinski definition) is 5. The van der Waals surface area contributed by atoms with Crippen molar-refractivity contribution < 1.29 is 9.53 Å². The number of rotatable bonds is 4. The molecule has 1 unspecified atom stereocenters. The smallest absolute Gasteiger partial charge is 0.187 e. The Morgan fingerprint density at radius 2 is 2.20 bits per heavy atom. The van der Waals surface area contributed by atoms with E-state index in [4.69, 9.17) is 4.74 Å².